The molecule has 1 saturated carbocycles. The van der Waals surface area contributed by atoms with E-state index in [0.29, 0.717) is 0 Å². The first-order chi connectivity index (χ1) is 12.6. The first-order valence-electron chi connectivity index (χ1n) is 8.84. The Hall–Kier alpha value is -2.15. The quantitative estimate of drug-likeness (QED) is 0.798. The summed E-state index contributed by atoms with van der Waals surface area (Å²) in [5.74, 6) is -0.854. The number of amides is 3. The van der Waals surface area contributed by atoms with Crippen LogP contribution in [0, 0.1) is 11.7 Å². The van der Waals surface area contributed by atoms with Crippen LogP contribution < -0.4 is 5.32 Å². The smallest absolute Gasteiger partial charge is 0.293 e. The molecule has 1 saturated heterocycles. The summed E-state index contributed by atoms with van der Waals surface area (Å²) in [6.07, 6.45) is 6.51. The first kappa shape index (κ1) is 18.6. The molecule has 2 aliphatic rings. The number of hydrogen-bond donors (Lipinski definition) is 1. The molecular formula is C19H21FN2O3S. The van der Waals surface area contributed by atoms with Gasteiger partial charge in [-0.1, -0.05) is 37.5 Å². The van der Waals surface area contributed by atoms with Crippen molar-refractivity contribution in [2.45, 2.75) is 32.1 Å². The van der Waals surface area contributed by atoms with Crippen molar-refractivity contribution in [3.63, 3.8) is 0 Å². The summed E-state index contributed by atoms with van der Waals surface area (Å²) < 4.78 is 13.7. The minimum Gasteiger partial charge on any atom is -0.354 e. The topological polar surface area (TPSA) is 66.5 Å². The van der Waals surface area contributed by atoms with E-state index >= 15 is 0 Å². The number of nitrogens with one attached hydrogen (secondary N) is 1. The molecule has 0 spiro atoms. The van der Waals surface area contributed by atoms with Gasteiger partial charge in [-0.05, 0) is 36.7 Å². The second-order valence-corrected chi connectivity index (χ2v) is 7.47. The molecule has 5 nitrogen and oxygen atoms in total. The zero-order chi connectivity index (χ0) is 18.5. The number of rotatable bonds is 5. The molecule has 0 atom stereocenters. The predicted octanol–water partition coefficient (Wildman–Crippen LogP) is 3.56. The normalized spacial score (nSPS) is 20.0. The van der Waals surface area contributed by atoms with Crippen LogP contribution in [0.25, 0.3) is 6.08 Å². The van der Waals surface area contributed by atoms with Gasteiger partial charge in [0.15, 0.2) is 0 Å². The molecule has 0 radical (unpaired) electrons. The lowest BCUT2D eigenvalue weighted by molar-refractivity contribution is -0.127. The second kappa shape index (κ2) is 8.49. The van der Waals surface area contributed by atoms with Gasteiger partial charge in [-0.25, -0.2) is 4.39 Å². The molecule has 26 heavy (non-hydrogen) atoms. The van der Waals surface area contributed by atoms with Gasteiger partial charge >= 0.3 is 0 Å². The Balaban J connectivity index is 1.56. The molecule has 2 fully saturated rings. The lowest BCUT2D eigenvalue weighted by Crippen LogP contribution is -2.39. The maximum Gasteiger partial charge on any atom is 0.293 e. The van der Waals surface area contributed by atoms with E-state index in [0.717, 1.165) is 42.3 Å². The van der Waals surface area contributed by atoms with E-state index in [9.17, 15) is 18.8 Å². The van der Waals surface area contributed by atoms with E-state index in [2.05, 4.69) is 5.32 Å². The van der Waals surface area contributed by atoms with E-state index < -0.39 is 17.0 Å². The minimum absolute atomic E-state index is 0.00132. The van der Waals surface area contributed by atoms with Gasteiger partial charge in [0.25, 0.3) is 11.1 Å². The average molecular weight is 376 g/mol. The van der Waals surface area contributed by atoms with Gasteiger partial charge in [-0.3, -0.25) is 19.3 Å². The third-order valence-electron chi connectivity index (χ3n) is 4.68. The van der Waals surface area contributed by atoms with Gasteiger partial charge in [-0.2, -0.15) is 0 Å². The van der Waals surface area contributed by atoms with Crippen molar-refractivity contribution in [1.29, 1.82) is 0 Å². The van der Waals surface area contributed by atoms with Crippen molar-refractivity contribution in [2.24, 2.45) is 5.92 Å². The van der Waals surface area contributed by atoms with E-state index in [4.69, 9.17) is 0 Å². The third-order valence-corrected chi connectivity index (χ3v) is 5.58. The van der Waals surface area contributed by atoms with Crippen LogP contribution in [0.2, 0.25) is 0 Å². The van der Waals surface area contributed by atoms with Crippen molar-refractivity contribution in [3.8, 4) is 0 Å². The average Bonchev–Trinajstić information content (AvgIpc) is 2.91. The summed E-state index contributed by atoms with van der Waals surface area (Å²) in [4.78, 5) is 37.9. The van der Waals surface area contributed by atoms with E-state index in [-0.39, 0.29) is 35.4 Å². The second-order valence-electron chi connectivity index (χ2n) is 6.48. The van der Waals surface area contributed by atoms with Gasteiger partial charge in [-0.15, -0.1) is 0 Å². The molecule has 0 unspecified atom stereocenters. The highest BCUT2D eigenvalue weighted by atomic mass is 32.2. The van der Waals surface area contributed by atoms with Crippen LogP contribution in [0.5, 0.6) is 0 Å². The standard InChI is InChI=1S/C19H21FN2O3S/c20-15-9-5-4-8-14(15)12-16-18(24)22(19(25)26-16)11-10-21-17(23)13-6-2-1-3-7-13/h4-5,8-9,12-13H,1-3,6-7,10-11H2,(H,21,23)/b16-12-. The molecule has 0 bridgehead atoms. The number of benzene rings is 1. The number of imide groups is 1. The molecule has 1 aliphatic heterocycles. The molecule has 0 aromatic heterocycles. The van der Waals surface area contributed by atoms with Crippen LogP contribution in [0.1, 0.15) is 37.7 Å². The fraction of sp³-hybridized carbons (Fsp3) is 0.421. The van der Waals surface area contributed by atoms with Crippen molar-refractivity contribution in [2.75, 3.05) is 13.1 Å². The Bertz CT molecular complexity index is 744. The molecular weight excluding hydrogens is 355 g/mol. The van der Waals surface area contributed by atoms with Gasteiger partial charge < -0.3 is 5.32 Å². The van der Waals surface area contributed by atoms with Gasteiger partial charge in [0.05, 0.1) is 4.91 Å². The molecule has 1 aliphatic carbocycles. The predicted molar refractivity (Wildman–Crippen MR) is 98.7 cm³/mol. The van der Waals surface area contributed by atoms with Crippen LogP contribution >= 0.6 is 11.8 Å². The van der Waals surface area contributed by atoms with Gasteiger partial charge in [0.1, 0.15) is 5.82 Å². The Morgan fingerprint density at radius 1 is 1.23 bits per heavy atom. The molecule has 1 heterocycles. The number of nitrogens with zero attached hydrogens (tertiary/aromatic N) is 1. The highest BCUT2D eigenvalue weighted by Gasteiger charge is 2.35. The number of carbonyl (C=O) groups is 3. The van der Waals surface area contributed by atoms with E-state index in [1.54, 1.807) is 18.2 Å². The number of carbonyl (C=O) groups excluding carboxylic acids is 3. The molecule has 7 heteroatoms. The zero-order valence-corrected chi connectivity index (χ0v) is 15.2. The molecule has 1 aromatic rings. The molecule has 3 amide bonds. The lowest BCUT2D eigenvalue weighted by Gasteiger charge is -2.21. The number of thioether (sulfide) groups is 1. The number of halogens is 1. The van der Waals surface area contributed by atoms with Crippen LogP contribution in [-0.4, -0.2) is 35.0 Å². The van der Waals surface area contributed by atoms with Crippen LogP contribution in [0.15, 0.2) is 29.2 Å². The summed E-state index contributed by atoms with van der Waals surface area (Å²) in [7, 11) is 0. The largest absolute Gasteiger partial charge is 0.354 e. The Morgan fingerprint density at radius 2 is 1.96 bits per heavy atom. The highest BCUT2D eigenvalue weighted by molar-refractivity contribution is 8.18. The maximum absolute atomic E-state index is 13.7. The lowest BCUT2D eigenvalue weighted by atomic mass is 9.89. The van der Waals surface area contributed by atoms with E-state index in [1.165, 1.54) is 18.6 Å². The maximum atomic E-state index is 13.7. The summed E-state index contributed by atoms with van der Waals surface area (Å²) in [6, 6.07) is 6.08. The number of hydrogen-bond acceptors (Lipinski definition) is 4. The summed E-state index contributed by atoms with van der Waals surface area (Å²) in [6.45, 7) is 0.359. The third kappa shape index (κ3) is 4.33. The van der Waals surface area contributed by atoms with E-state index in [1.807, 2.05) is 0 Å². The molecule has 3 rings (SSSR count). The van der Waals surface area contributed by atoms with Crippen LogP contribution in [0.4, 0.5) is 9.18 Å². The summed E-state index contributed by atoms with van der Waals surface area (Å²) in [5.41, 5.74) is 0.267. The first-order valence-corrected chi connectivity index (χ1v) is 9.65. The Kier molecular flexibility index (Phi) is 6.08. The minimum atomic E-state index is -0.449. The zero-order valence-electron chi connectivity index (χ0n) is 14.4. The SMILES string of the molecule is O=C(NCCN1C(=O)S/C(=C\c2ccccc2F)C1=O)C1CCCCC1. The summed E-state index contributed by atoms with van der Waals surface area (Å²) in [5, 5.41) is 2.42. The fourth-order valence-corrected chi connectivity index (χ4v) is 4.08. The molecule has 1 N–H and O–H groups in total. The fourth-order valence-electron chi connectivity index (χ4n) is 3.23. The van der Waals surface area contributed by atoms with Gasteiger partial charge in [0.2, 0.25) is 5.91 Å². The Labute approximate surface area is 156 Å². The van der Waals surface area contributed by atoms with Crippen molar-refractivity contribution in [3.05, 3.63) is 40.6 Å². The highest BCUT2D eigenvalue weighted by Crippen LogP contribution is 2.32. The van der Waals surface area contributed by atoms with Crippen molar-refractivity contribution >= 4 is 34.9 Å². The summed E-state index contributed by atoms with van der Waals surface area (Å²) >= 11 is 0.791. The van der Waals surface area contributed by atoms with Crippen LogP contribution in [0.3, 0.4) is 0 Å². The van der Waals surface area contributed by atoms with Gasteiger partial charge in [0, 0.05) is 24.6 Å². The van der Waals surface area contributed by atoms with Crippen LogP contribution in [-0.2, 0) is 9.59 Å². The molecule has 1 aromatic carbocycles. The molecule has 138 valence electrons. The van der Waals surface area contributed by atoms with Crippen molar-refractivity contribution in [1.82, 2.24) is 10.2 Å². The van der Waals surface area contributed by atoms with Crippen molar-refractivity contribution < 1.29 is 18.8 Å². The Morgan fingerprint density at radius 3 is 2.69 bits per heavy atom. The monoisotopic (exact) mass is 376 g/mol.